The van der Waals surface area contributed by atoms with Crippen molar-refractivity contribution >= 4 is 17.1 Å². The van der Waals surface area contributed by atoms with Crippen molar-refractivity contribution < 1.29 is 13.2 Å². The highest BCUT2D eigenvalue weighted by atomic mass is 19.4. The minimum Gasteiger partial charge on any atom is -0.397 e. The molecule has 140 valence electrons. The number of piperazine rings is 1. The summed E-state index contributed by atoms with van der Waals surface area (Å²) in [5.41, 5.74) is 14.1. The zero-order chi connectivity index (χ0) is 18.7. The maximum atomic E-state index is 12.9. The van der Waals surface area contributed by atoms with E-state index in [1.165, 1.54) is 12.1 Å². The van der Waals surface area contributed by atoms with E-state index >= 15 is 0 Å². The summed E-state index contributed by atoms with van der Waals surface area (Å²) in [5.74, 6) is 0. The summed E-state index contributed by atoms with van der Waals surface area (Å²) in [5, 5.41) is 0. The van der Waals surface area contributed by atoms with E-state index in [4.69, 9.17) is 11.5 Å². The Morgan fingerprint density at radius 1 is 0.923 bits per heavy atom. The van der Waals surface area contributed by atoms with Gasteiger partial charge in [0.1, 0.15) is 0 Å². The third-order valence-electron chi connectivity index (χ3n) is 4.84. The summed E-state index contributed by atoms with van der Waals surface area (Å²) in [6.45, 7) is 3.86. The van der Waals surface area contributed by atoms with Gasteiger partial charge in [-0.3, -0.25) is 4.90 Å². The normalized spacial score (nSPS) is 16.0. The summed E-state index contributed by atoms with van der Waals surface area (Å²) in [4.78, 5) is 4.30. The van der Waals surface area contributed by atoms with E-state index in [0.717, 1.165) is 37.7 Å². The number of hydrogen-bond acceptors (Lipinski definition) is 4. The lowest BCUT2D eigenvalue weighted by Crippen LogP contribution is -2.47. The van der Waals surface area contributed by atoms with E-state index in [1.54, 1.807) is 12.1 Å². The van der Waals surface area contributed by atoms with Gasteiger partial charge in [-0.15, -0.1) is 0 Å². The zero-order valence-electron chi connectivity index (χ0n) is 14.5. The van der Waals surface area contributed by atoms with Crippen LogP contribution in [0.4, 0.5) is 30.2 Å². The molecule has 1 fully saturated rings. The van der Waals surface area contributed by atoms with Crippen molar-refractivity contribution in [2.75, 3.05) is 49.1 Å². The number of rotatable bonds is 4. The number of alkyl halides is 3. The van der Waals surface area contributed by atoms with Gasteiger partial charge < -0.3 is 16.4 Å². The SMILES string of the molecule is Nc1cccc(CCN2CCN(c3cccc(C(F)(F)F)c3)CC2)c1N. The predicted molar refractivity (Wildman–Crippen MR) is 99.1 cm³/mol. The van der Waals surface area contributed by atoms with Crippen LogP contribution >= 0.6 is 0 Å². The number of hydrogen-bond donors (Lipinski definition) is 2. The summed E-state index contributed by atoms with van der Waals surface area (Å²) < 4.78 is 38.6. The fraction of sp³-hybridized carbons (Fsp3) is 0.368. The van der Waals surface area contributed by atoms with E-state index in [-0.39, 0.29) is 0 Å². The molecule has 0 atom stereocenters. The molecule has 2 aromatic carbocycles. The molecule has 4 N–H and O–H groups in total. The van der Waals surface area contributed by atoms with Crippen LogP contribution in [0.2, 0.25) is 0 Å². The monoisotopic (exact) mass is 364 g/mol. The molecule has 0 aliphatic carbocycles. The fourth-order valence-corrected chi connectivity index (χ4v) is 3.24. The molecule has 0 unspecified atom stereocenters. The van der Waals surface area contributed by atoms with Gasteiger partial charge in [0.25, 0.3) is 0 Å². The van der Waals surface area contributed by atoms with Gasteiger partial charge in [-0.2, -0.15) is 13.2 Å². The maximum absolute atomic E-state index is 12.9. The molecule has 7 heteroatoms. The van der Waals surface area contributed by atoms with E-state index in [0.29, 0.717) is 30.2 Å². The van der Waals surface area contributed by atoms with Gasteiger partial charge in [0.05, 0.1) is 16.9 Å². The first-order chi connectivity index (χ1) is 12.3. The Bertz CT molecular complexity index is 753. The second kappa shape index (κ2) is 7.45. The Morgan fingerprint density at radius 2 is 1.62 bits per heavy atom. The van der Waals surface area contributed by atoms with Crippen LogP contribution in [0.5, 0.6) is 0 Å². The summed E-state index contributed by atoms with van der Waals surface area (Å²) in [7, 11) is 0. The zero-order valence-corrected chi connectivity index (χ0v) is 14.5. The summed E-state index contributed by atoms with van der Waals surface area (Å²) in [6, 6.07) is 11.2. The molecule has 0 radical (unpaired) electrons. The Kier molecular flexibility index (Phi) is 5.27. The molecule has 1 aliphatic heterocycles. The van der Waals surface area contributed by atoms with Crippen molar-refractivity contribution in [1.82, 2.24) is 4.90 Å². The van der Waals surface area contributed by atoms with Gasteiger partial charge in [0.2, 0.25) is 0 Å². The topological polar surface area (TPSA) is 58.5 Å². The van der Waals surface area contributed by atoms with Crippen molar-refractivity contribution in [1.29, 1.82) is 0 Å². The second-order valence-corrected chi connectivity index (χ2v) is 6.55. The number of nitrogens with zero attached hydrogens (tertiary/aromatic N) is 2. The van der Waals surface area contributed by atoms with Crippen molar-refractivity contribution in [3.05, 3.63) is 53.6 Å². The van der Waals surface area contributed by atoms with E-state index < -0.39 is 11.7 Å². The number of halogens is 3. The molecule has 1 aliphatic rings. The van der Waals surface area contributed by atoms with Crippen LogP contribution in [0.15, 0.2) is 42.5 Å². The first-order valence-electron chi connectivity index (χ1n) is 8.62. The van der Waals surface area contributed by atoms with Crippen molar-refractivity contribution in [2.45, 2.75) is 12.6 Å². The third-order valence-corrected chi connectivity index (χ3v) is 4.84. The molecule has 0 saturated carbocycles. The molecule has 0 bridgehead atoms. The smallest absolute Gasteiger partial charge is 0.397 e. The number of benzene rings is 2. The molecule has 3 rings (SSSR count). The van der Waals surface area contributed by atoms with E-state index in [1.807, 2.05) is 17.0 Å². The fourth-order valence-electron chi connectivity index (χ4n) is 3.24. The second-order valence-electron chi connectivity index (χ2n) is 6.55. The van der Waals surface area contributed by atoms with E-state index in [2.05, 4.69) is 4.90 Å². The summed E-state index contributed by atoms with van der Waals surface area (Å²) in [6.07, 6.45) is -3.50. The predicted octanol–water partition coefficient (Wildman–Crippen LogP) is 3.23. The molecule has 0 aromatic heterocycles. The molecular formula is C19H23F3N4. The van der Waals surface area contributed by atoms with Gasteiger partial charge in [-0.25, -0.2) is 0 Å². The van der Waals surface area contributed by atoms with Gasteiger partial charge in [0.15, 0.2) is 0 Å². The minimum absolute atomic E-state index is 0.594. The lowest BCUT2D eigenvalue weighted by molar-refractivity contribution is -0.137. The first kappa shape index (κ1) is 18.4. The molecule has 1 saturated heterocycles. The van der Waals surface area contributed by atoms with Gasteiger partial charge in [0, 0.05) is 38.4 Å². The average Bonchev–Trinajstić information content (AvgIpc) is 2.63. The maximum Gasteiger partial charge on any atom is 0.416 e. The Balaban J connectivity index is 1.55. The molecule has 4 nitrogen and oxygen atoms in total. The number of nitrogens with two attached hydrogens (primary N) is 2. The quantitative estimate of drug-likeness (QED) is 0.818. The lowest BCUT2D eigenvalue weighted by Gasteiger charge is -2.36. The molecule has 1 heterocycles. The highest BCUT2D eigenvalue weighted by molar-refractivity contribution is 5.67. The van der Waals surface area contributed by atoms with Gasteiger partial charge >= 0.3 is 6.18 Å². The first-order valence-corrected chi connectivity index (χ1v) is 8.62. The highest BCUT2D eigenvalue weighted by Crippen LogP contribution is 2.32. The van der Waals surface area contributed by atoms with Crippen LogP contribution in [0.25, 0.3) is 0 Å². The number of para-hydroxylation sites is 1. The van der Waals surface area contributed by atoms with Gasteiger partial charge in [-0.1, -0.05) is 18.2 Å². The van der Waals surface area contributed by atoms with Crippen molar-refractivity contribution in [3.63, 3.8) is 0 Å². The Morgan fingerprint density at radius 3 is 2.31 bits per heavy atom. The number of nitrogen functional groups attached to an aromatic ring is 2. The van der Waals surface area contributed by atoms with Crippen molar-refractivity contribution in [2.24, 2.45) is 0 Å². The van der Waals surface area contributed by atoms with Crippen molar-refractivity contribution in [3.8, 4) is 0 Å². The Hall–Kier alpha value is -2.41. The molecule has 26 heavy (non-hydrogen) atoms. The minimum atomic E-state index is -4.31. The van der Waals surface area contributed by atoms with Crippen LogP contribution in [0.3, 0.4) is 0 Å². The molecular weight excluding hydrogens is 341 g/mol. The average molecular weight is 364 g/mol. The summed E-state index contributed by atoms with van der Waals surface area (Å²) >= 11 is 0. The largest absolute Gasteiger partial charge is 0.416 e. The van der Waals surface area contributed by atoms with Crippen LogP contribution in [-0.2, 0) is 12.6 Å². The van der Waals surface area contributed by atoms with Crippen LogP contribution in [0, 0.1) is 0 Å². The Labute approximate surface area is 151 Å². The molecule has 2 aromatic rings. The molecule has 0 spiro atoms. The third kappa shape index (κ3) is 4.22. The molecule has 0 amide bonds. The highest BCUT2D eigenvalue weighted by Gasteiger charge is 2.31. The lowest BCUT2D eigenvalue weighted by atomic mass is 10.1. The van der Waals surface area contributed by atoms with Gasteiger partial charge in [-0.05, 0) is 36.2 Å². The van der Waals surface area contributed by atoms with Crippen LogP contribution < -0.4 is 16.4 Å². The van der Waals surface area contributed by atoms with E-state index in [9.17, 15) is 13.2 Å². The standard InChI is InChI=1S/C19H23F3N4/c20-19(21,22)15-4-2-5-16(13-15)26-11-9-25(10-12-26)8-7-14-3-1-6-17(23)18(14)24/h1-6,13H,7-12,23-24H2. The van der Waals surface area contributed by atoms with Crippen LogP contribution in [0.1, 0.15) is 11.1 Å². The number of anilines is 3. The van der Waals surface area contributed by atoms with Crippen LogP contribution in [-0.4, -0.2) is 37.6 Å².